The average molecular weight is 434 g/mol. The van der Waals surface area contributed by atoms with Crippen molar-refractivity contribution in [3.05, 3.63) is 35.4 Å². The van der Waals surface area contributed by atoms with E-state index in [1.807, 2.05) is 0 Å². The summed E-state index contributed by atoms with van der Waals surface area (Å²) in [6.45, 7) is 3.65. The molecule has 0 aliphatic carbocycles. The number of nitrogens with one attached hydrogen (secondary N) is 1. The molecule has 29 heavy (non-hydrogen) atoms. The molecule has 2 N–H and O–H groups in total. The van der Waals surface area contributed by atoms with Crippen LogP contribution in [0.5, 0.6) is 0 Å². The zero-order valence-electron chi connectivity index (χ0n) is 16.5. The topological polar surface area (TPSA) is 105 Å². The number of hydrogen-bond acceptors (Lipinski definition) is 6. The number of piperidine rings is 1. The van der Waals surface area contributed by atoms with Gasteiger partial charge in [-0.05, 0) is 45.7 Å². The van der Waals surface area contributed by atoms with Gasteiger partial charge >= 0.3 is 5.97 Å². The summed E-state index contributed by atoms with van der Waals surface area (Å²) in [5.41, 5.74) is -2.50. The summed E-state index contributed by atoms with van der Waals surface area (Å²) in [5.74, 6) is -3.19. The number of benzene rings is 1. The van der Waals surface area contributed by atoms with Gasteiger partial charge in [0.15, 0.2) is 6.79 Å². The van der Waals surface area contributed by atoms with Crippen molar-refractivity contribution in [1.29, 1.82) is 0 Å². The summed E-state index contributed by atoms with van der Waals surface area (Å²) < 4.78 is 51.4. The number of carbonyl (C=O) groups is 2. The van der Waals surface area contributed by atoms with Crippen molar-refractivity contribution in [3.63, 3.8) is 0 Å². The van der Waals surface area contributed by atoms with E-state index in [4.69, 9.17) is 9.26 Å². The van der Waals surface area contributed by atoms with Crippen LogP contribution in [0.2, 0.25) is 0 Å². The monoisotopic (exact) mass is 434 g/mol. The smallest absolute Gasteiger partial charge is 0.313 e. The van der Waals surface area contributed by atoms with E-state index in [0.717, 1.165) is 12.1 Å². The van der Waals surface area contributed by atoms with Crippen molar-refractivity contribution in [2.24, 2.45) is 5.41 Å². The fourth-order valence-electron chi connectivity index (χ4n) is 2.67. The molecule has 1 saturated heterocycles. The van der Waals surface area contributed by atoms with Gasteiger partial charge < -0.3 is 4.74 Å². The van der Waals surface area contributed by atoms with Crippen molar-refractivity contribution in [2.45, 2.75) is 45.8 Å². The van der Waals surface area contributed by atoms with Gasteiger partial charge in [-0.2, -0.15) is 0 Å². The Morgan fingerprint density at radius 3 is 2.55 bits per heavy atom. The van der Waals surface area contributed by atoms with Crippen LogP contribution in [0.1, 0.15) is 39.2 Å². The van der Waals surface area contributed by atoms with Crippen molar-refractivity contribution in [3.8, 4) is 0 Å². The number of halogens is 2. The van der Waals surface area contributed by atoms with E-state index in [9.17, 15) is 28.1 Å². The summed E-state index contributed by atoms with van der Waals surface area (Å²) in [4.78, 5) is 24.2. The Kier molecular flexibility index (Phi) is 7.50. The molecule has 162 valence electrons. The zero-order chi connectivity index (χ0) is 21.8. The molecule has 8 nitrogen and oxygen atoms in total. The highest BCUT2D eigenvalue weighted by Crippen LogP contribution is 2.51. The summed E-state index contributed by atoms with van der Waals surface area (Å²) in [6, 6.07) is 3.26. The summed E-state index contributed by atoms with van der Waals surface area (Å²) in [7, 11) is -4.11. The minimum Gasteiger partial charge on any atom is -0.438 e. The highest BCUT2D eigenvalue weighted by molar-refractivity contribution is 7.58. The lowest BCUT2D eigenvalue weighted by Gasteiger charge is -2.33. The summed E-state index contributed by atoms with van der Waals surface area (Å²) in [6.07, 6.45) is 0.463. The Balaban J connectivity index is 2.19. The molecule has 1 aliphatic rings. The number of nitrogens with zero attached hydrogens (tertiary/aromatic N) is 1. The number of hydrogen-bond donors (Lipinski definition) is 2. The van der Waals surface area contributed by atoms with Gasteiger partial charge in [0.1, 0.15) is 17.3 Å². The first-order valence-electron chi connectivity index (χ1n) is 9.05. The second kappa shape index (κ2) is 9.30. The molecule has 1 aromatic rings. The molecule has 1 heterocycles. The third kappa shape index (κ3) is 5.82. The van der Waals surface area contributed by atoms with Crippen molar-refractivity contribution in [1.82, 2.24) is 10.2 Å². The molecule has 11 heteroatoms. The lowest BCUT2D eigenvalue weighted by Crippen LogP contribution is -2.44. The van der Waals surface area contributed by atoms with E-state index < -0.39 is 55.4 Å². The van der Waals surface area contributed by atoms with Crippen LogP contribution in [-0.2, 0) is 30.0 Å². The molecular formula is C18H25F2N2O6P. The second-order valence-corrected chi connectivity index (χ2v) is 10.1. The first-order chi connectivity index (χ1) is 13.5. The Morgan fingerprint density at radius 2 is 1.97 bits per heavy atom. The minimum absolute atomic E-state index is 0.0658. The second-order valence-electron chi connectivity index (χ2n) is 7.68. The Hall–Kier alpha value is -1.87. The van der Waals surface area contributed by atoms with Crippen LogP contribution in [-0.4, -0.2) is 41.1 Å². The maximum absolute atomic E-state index is 13.9. The molecule has 1 aliphatic heterocycles. The van der Waals surface area contributed by atoms with E-state index in [-0.39, 0.29) is 18.5 Å². The maximum Gasteiger partial charge on any atom is 0.313 e. The first-order valence-corrected chi connectivity index (χ1v) is 10.7. The highest BCUT2D eigenvalue weighted by Gasteiger charge is 2.44. The first kappa shape index (κ1) is 23.4. The predicted molar refractivity (Wildman–Crippen MR) is 98.8 cm³/mol. The fourth-order valence-corrected chi connectivity index (χ4v) is 4.69. The van der Waals surface area contributed by atoms with Crippen LogP contribution < -0.4 is 5.09 Å². The van der Waals surface area contributed by atoms with Gasteiger partial charge in [0, 0.05) is 18.7 Å². The van der Waals surface area contributed by atoms with E-state index in [1.54, 1.807) is 20.8 Å². The maximum atomic E-state index is 13.9. The number of amides is 1. The van der Waals surface area contributed by atoms with Crippen LogP contribution >= 0.6 is 7.52 Å². The van der Waals surface area contributed by atoms with Crippen molar-refractivity contribution >= 4 is 19.4 Å². The molecule has 2 unspecified atom stereocenters. The van der Waals surface area contributed by atoms with Gasteiger partial charge in [-0.15, -0.1) is 0 Å². The minimum atomic E-state index is -4.11. The molecule has 2 rings (SSSR count). The standard InChI is InChI=1S/C18H25F2N2O6P/c1-18(2,3)17(24)27-11-28-29(26,15-8-5-9-22(25)16(15)23)21-10-12-13(19)6-4-7-14(12)20/h4,6-7,15,25H,5,8-11H2,1-3H3,(H,21,26). The lowest BCUT2D eigenvalue weighted by atomic mass is 9.98. The molecule has 2 atom stereocenters. The molecule has 0 saturated carbocycles. The lowest BCUT2D eigenvalue weighted by molar-refractivity contribution is -0.169. The predicted octanol–water partition coefficient (Wildman–Crippen LogP) is 3.19. The molecule has 1 fully saturated rings. The van der Waals surface area contributed by atoms with Gasteiger partial charge in [-0.25, -0.2) is 18.9 Å². The molecule has 0 aromatic heterocycles. The van der Waals surface area contributed by atoms with Gasteiger partial charge in [-0.1, -0.05) is 6.07 Å². The van der Waals surface area contributed by atoms with Crippen LogP contribution in [0.4, 0.5) is 8.78 Å². The quantitative estimate of drug-likeness (QED) is 0.294. The summed E-state index contributed by atoms with van der Waals surface area (Å²) >= 11 is 0. The molecule has 1 amide bonds. The normalized spacial score (nSPS) is 19.7. The van der Waals surface area contributed by atoms with Gasteiger partial charge in [-0.3, -0.25) is 23.9 Å². The van der Waals surface area contributed by atoms with E-state index in [2.05, 4.69) is 5.09 Å². The van der Waals surface area contributed by atoms with Gasteiger partial charge in [0.2, 0.25) is 0 Å². The molecular weight excluding hydrogens is 409 g/mol. The van der Waals surface area contributed by atoms with E-state index >= 15 is 0 Å². The Labute approximate surface area is 167 Å². The average Bonchev–Trinajstić information content (AvgIpc) is 2.62. The van der Waals surface area contributed by atoms with Crippen LogP contribution in [0, 0.1) is 17.0 Å². The molecule has 0 bridgehead atoms. The fraction of sp³-hybridized carbons (Fsp3) is 0.556. The third-order valence-electron chi connectivity index (χ3n) is 4.38. The molecule has 1 aromatic carbocycles. The van der Waals surface area contributed by atoms with Crippen molar-refractivity contribution < 1.29 is 37.4 Å². The molecule has 0 spiro atoms. The highest BCUT2D eigenvalue weighted by atomic mass is 31.2. The zero-order valence-corrected chi connectivity index (χ0v) is 17.4. The van der Waals surface area contributed by atoms with Crippen LogP contribution in [0.15, 0.2) is 18.2 Å². The van der Waals surface area contributed by atoms with Crippen molar-refractivity contribution in [2.75, 3.05) is 13.3 Å². The van der Waals surface area contributed by atoms with Crippen LogP contribution in [0.3, 0.4) is 0 Å². The number of ether oxygens (including phenoxy) is 1. The van der Waals surface area contributed by atoms with E-state index in [1.165, 1.54) is 6.07 Å². The third-order valence-corrected chi connectivity index (χ3v) is 6.77. The van der Waals surface area contributed by atoms with E-state index in [0.29, 0.717) is 11.5 Å². The number of esters is 1. The van der Waals surface area contributed by atoms with Gasteiger partial charge in [0.05, 0.1) is 5.41 Å². The number of hydroxylamine groups is 2. The van der Waals surface area contributed by atoms with Gasteiger partial charge in [0.25, 0.3) is 13.4 Å². The molecule has 0 radical (unpaired) electrons. The summed E-state index contributed by atoms with van der Waals surface area (Å²) in [5, 5.41) is 12.5. The Morgan fingerprint density at radius 1 is 1.34 bits per heavy atom. The number of rotatable bonds is 7. The SMILES string of the molecule is CC(C)(C)C(=O)OCOP(=O)(NCc1c(F)cccc1F)C1CCCN(O)C1=O. The Bertz CT molecular complexity index is 794. The number of carbonyl (C=O) groups excluding carboxylic acids is 2. The largest absolute Gasteiger partial charge is 0.438 e. The van der Waals surface area contributed by atoms with Crippen LogP contribution in [0.25, 0.3) is 0 Å².